The van der Waals surface area contributed by atoms with Gasteiger partial charge in [0.1, 0.15) is 11.6 Å². The van der Waals surface area contributed by atoms with Crippen molar-refractivity contribution >= 4 is 27.3 Å². The number of hydrogen-bond acceptors (Lipinski definition) is 3. The minimum Gasteiger partial charge on any atom is -0.320 e. The van der Waals surface area contributed by atoms with E-state index in [2.05, 4.69) is 10.0 Å². The Morgan fingerprint density at radius 1 is 1.05 bits per heavy atom. The van der Waals surface area contributed by atoms with Crippen molar-refractivity contribution in [2.45, 2.75) is 0 Å². The van der Waals surface area contributed by atoms with Crippen LogP contribution in [0.4, 0.5) is 20.2 Å². The third-order valence-corrected chi connectivity index (χ3v) is 3.23. The summed E-state index contributed by atoms with van der Waals surface area (Å²) in [4.78, 5) is 12.0. The third-order valence-electron chi connectivity index (χ3n) is 2.64. The normalized spacial score (nSPS) is 11.0. The van der Waals surface area contributed by atoms with Crippen molar-refractivity contribution in [1.82, 2.24) is 0 Å². The highest BCUT2D eigenvalue weighted by atomic mass is 32.2. The first-order chi connectivity index (χ1) is 10.3. The van der Waals surface area contributed by atoms with E-state index < -0.39 is 33.1 Å². The number of para-hydroxylation sites is 2. The Balaban J connectivity index is 2.31. The van der Waals surface area contributed by atoms with Crippen molar-refractivity contribution in [3.8, 4) is 0 Å². The fourth-order valence-corrected chi connectivity index (χ4v) is 2.32. The number of sulfonamides is 1. The maximum absolute atomic E-state index is 13.6. The minimum atomic E-state index is -3.55. The zero-order valence-corrected chi connectivity index (χ0v) is 12.2. The molecule has 5 nitrogen and oxygen atoms in total. The van der Waals surface area contributed by atoms with Crippen molar-refractivity contribution in [1.29, 1.82) is 0 Å². The molecule has 0 spiro atoms. The molecule has 0 heterocycles. The molecule has 0 aromatic heterocycles. The van der Waals surface area contributed by atoms with E-state index in [-0.39, 0.29) is 11.4 Å². The quantitative estimate of drug-likeness (QED) is 0.907. The Bertz CT molecular complexity index is 823. The molecule has 2 aromatic rings. The van der Waals surface area contributed by atoms with E-state index in [4.69, 9.17) is 0 Å². The van der Waals surface area contributed by atoms with Crippen LogP contribution < -0.4 is 10.0 Å². The predicted molar refractivity (Wildman–Crippen MR) is 79.2 cm³/mol. The van der Waals surface area contributed by atoms with Crippen molar-refractivity contribution in [3.63, 3.8) is 0 Å². The lowest BCUT2D eigenvalue weighted by Gasteiger charge is -2.12. The van der Waals surface area contributed by atoms with Crippen LogP contribution in [0.25, 0.3) is 0 Å². The highest BCUT2D eigenvalue weighted by Crippen LogP contribution is 2.23. The van der Waals surface area contributed by atoms with Crippen LogP contribution >= 0.6 is 0 Å². The molecule has 8 heteroatoms. The molecule has 0 aliphatic carbocycles. The molecule has 0 aliphatic rings. The van der Waals surface area contributed by atoms with Gasteiger partial charge in [0.15, 0.2) is 0 Å². The van der Waals surface area contributed by atoms with Crippen molar-refractivity contribution in [2.75, 3.05) is 16.3 Å². The first kappa shape index (κ1) is 15.9. The smallest absolute Gasteiger partial charge is 0.258 e. The molecule has 2 N–H and O–H groups in total. The number of halogens is 2. The van der Waals surface area contributed by atoms with Gasteiger partial charge in [0.2, 0.25) is 10.0 Å². The molecule has 116 valence electrons. The van der Waals surface area contributed by atoms with Crippen LogP contribution in [0.15, 0.2) is 42.5 Å². The average Bonchev–Trinajstić information content (AvgIpc) is 2.42. The zero-order chi connectivity index (χ0) is 16.3. The van der Waals surface area contributed by atoms with E-state index >= 15 is 0 Å². The van der Waals surface area contributed by atoms with Crippen LogP contribution in [0.2, 0.25) is 0 Å². The summed E-state index contributed by atoms with van der Waals surface area (Å²) in [6.45, 7) is 0. The average molecular weight is 326 g/mol. The van der Waals surface area contributed by atoms with Gasteiger partial charge in [0, 0.05) is 0 Å². The molecule has 2 aromatic carbocycles. The Hall–Kier alpha value is -2.48. The van der Waals surface area contributed by atoms with Gasteiger partial charge in [-0.15, -0.1) is 0 Å². The molecule has 0 atom stereocenters. The molecule has 0 bridgehead atoms. The van der Waals surface area contributed by atoms with E-state index in [1.807, 2.05) is 0 Å². The van der Waals surface area contributed by atoms with Crippen LogP contribution in [0.5, 0.6) is 0 Å². The van der Waals surface area contributed by atoms with Gasteiger partial charge in [-0.05, 0) is 30.3 Å². The molecule has 0 saturated carbocycles. The lowest BCUT2D eigenvalue weighted by Crippen LogP contribution is -2.17. The maximum Gasteiger partial charge on any atom is 0.258 e. The van der Waals surface area contributed by atoms with Gasteiger partial charge in [-0.3, -0.25) is 9.52 Å². The second kappa shape index (κ2) is 6.10. The monoisotopic (exact) mass is 326 g/mol. The molecule has 0 unspecified atom stereocenters. The summed E-state index contributed by atoms with van der Waals surface area (Å²) in [6, 6.07) is 8.48. The first-order valence-electron chi connectivity index (χ1n) is 6.09. The zero-order valence-electron chi connectivity index (χ0n) is 11.4. The van der Waals surface area contributed by atoms with Gasteiger partial charge in [0.05, 0.1) is 23.2 Å². The van der Waals surface area contributed by atoms with Gasteiger partial charge in [0.25, 0.3) is 5.91 Å². The molecule has 0 saturated heterocycles. The summed E-state index contributed by atoms with van der Waals surface area (Å²) >= 11 is 0. The molecular formula is C14H12F2N2O3S. The number of rotatable bonds is 4. The summed E-state index contributed by atoms with van der Waals surface area (Å²) in [5, 5.41) is 2.34. The Morgan fingerprint density at radius 3 is 2.32 bits per heavy atom. The van der Waals surface area contributed by atoms with Gasteiger partial charge < -0.3 is 5.32 Å². The number of amides is 1. The summed E-state index contributed by atoms with van der Waals surface area (Å²) in [6.07, 6.45) is 0.956. The van der Waals surface area contributed by atoms with E-state index in [0.717, 1.165) is 24.5 Å². The molecule has 2 rings (SSSR count). The van der Waals surface area contributed by atoms with Crippen molar-refractivity contribution in [2.24, 2.45) is 0 Å². The van der Waals surface area contributed by atoms with Gasteiger partial charge in [-0.1, -0.05) is 12.1 Å². The lowest BCUT2D eigenvalue weighted by molar-refractivity contribution is 0.102. The summed E-state index contributed by atoms with van der Waals surface area (Å²) in [5.74, 6) is -2.53. The highest BCUT2D eigenvalue weighted by molar-refractivity contribution is 7.92. The number of hydrogen-bond donors (Lipinski definition) is 2. The fourth-order valence-electron chi connectivity index (χ4n) is 1.74. The van der Waals surface area contributed by atoms with E-state index in [0.29, 0.717) is 0 Å². The summed E-state index contributed by atoms with van der Waals surface area (Å²) in [5.41, 5.74) is -0.231. The largest absolute Gasteiger partial charge is 0.320 e. The highest BCUT2D eigenvalue weighted by Gasteiger charge is 2.15. The number of benzene rings is 2. The summed E-state index contributed by atoms with van der Waals surface area (Å²) < 4.78 is 51.4. The summed E-state index contributed by atoms with van der Waals surface area (Å²) in [7, 11) is -3.55. The van der Waals surface area contributed by atoms with Crippen molar-refractivity contribution < 1.29 is 22.0 Å². The second-order valence-electron chi connectivity index (χ2n) is 4.50. The number of anilines is 2. The minimum absolute atomic E-state index is 0.121. The standard InChI is InChI=1S/C14H12F2N2O3S/c1-22(20,21)18-13-5-3-2-4-12(13)17-14(19)10-8-9(15)6-7-11(10)16/h2-8,18H,1H3,(H,17,19). The first-order valence-corrected chi connectivity index (χ1v) is 7.98. The van der Waals surface area contributed by atoms with Crippen LogP contribution in [0.3, 0.4) is 0 Å². The molecule has 22 heavy (non-hydrogen) atoms. The molecule has 0 radical (unpaired) electrons. The molecular weight excluding hydrogens is 314 g/mol. The predicted octanol–water partition coefficient (Wildman–Crippen LogP) is 2.59. The maximum atomic E-state index is 13.6. The van der Waals surface area contributed by atoms with Crippen LogP contribution in [0.1, 0.15) is 10.4 Å². The van der Waals surface area contributed by atoms with Gasteiger partial charge >= 0.3 is 0 Å². The number of carbonyl (C=O) groups excluding carboxylic acids is 1. The van der Waals surface area contributed by atoms with E-state index in [9.17, 15) is 22.0 Å². The van der Waals surface area contributed by atoms with Crippen molar-refractivity contribution in [3.05, 3.63) is 59.7 Å². The van der Waals surface area contributed by atoms with Crippen LogP contribution in [-0.2, 0) is 10.0 Å². The third kappa shape index (κ3) is 4.01. The Labute approximate surface area is 126 Å². The van der Waals surface area contributed by atoms with E-state index in [1.165, 1.54) is 12.1 Å². The molecule has 0 aliphatic heterocycles. The second-order valence-corrected chi connectivity index (χ2v) is 6.25. The van der Waals surface area contributed by atoms with Crippen LogP contribution in [0, 0.1) is 11.6 Å². The van der Waals surface area contributed by atoms with Gasteiger partial charge in [-0.25, -0.2) is 17.2 Å². The van der Waals surface area contributed by atoms with E-state index in [1.54, 1.807) is 12.1 Å². The lowest BCUT2D eigenvalue weighted by atomic mass is 10.2. The SMILES string of the molecule is CS(=O)(=O)Nc1ccccc1NC(=O)c1cc(F)ccc1F. The Kier molecular flexibility index (Phi) is 4.41. The number of nitrogens with one attached hydrogen (secondary N) is 2. The molecule has 1 amide bonds. The van der Waals surface area contributed by atoms with Crippen LogP contribution in [-0.4, -0.2) is 20.6 Å². The molecule has 0 fully saturated rings. The van der Waals surface area contributed by atoms with Gasteiger partial charge in [-0.2, -0.15) is 0 Å². The topological polar surface area (TPSA) is 75.3 Å². The fraction of sp³-hybridized carbons (Fsp3) is 0.0714. The Morgan fingerprint density at radius 2 is 1.68 bits per heavy atom. The number of carbonyl (C=O) groups is 1.